The number of carbonyl (C=O) groups excluding carboxylic acids is 1. The summed E-state index contributed by atoms with van der Waals surface area (Å²) in [6.07, 6.45) is 0. The fourth-order valence-corrected chi connectivity index (χ4v) is 3.08. The van der Waals surface area contributed by atoms with Crippen LogP contribution in [0.15, 0.2) is 42.5 Å². The van der Waals surface area contributed by atoms with Gasteiger partial charge in [0.25, 0.3) is 0 Å². The van der Waals surface area contributed by atoms with Gasteiger partial charge in [0.2, 0.25) is 5.91 Å². The molecule has 3 aromatic rings. The zero-order valence-electron chi connectivity index (χ0n) is 13.7. The smallest absolute Gasteiger partial charge is 0.228 e. The minimum absolute atomic E-state index is 0.0442. The first-order valence-electron chi connectivity index (χ1n) is 7.42. The number of ether oxygens (including phenoxy) is 2. The monoisotopic (exact) mass is 309 g/mol. The van der Waals surface area contributed by atoms with Crippen molar-refractivity contribution < 1.29 is 14.3 Å². The van der Waals surface area contributed by atoms with Crippen molar-refractivity contribution >= 4 is 16.8 Å². The van der Waals surface area contributed by atoms with Crippen molar-refractivity contribution in [2.75, 3.05) is 14.2 Å². The molecule has 4 nitrogen and oxygen atoms in total. The van der Waals surface area contributed by atoms with E-state index in [0.717, 1.165) is 27.7 Å². The number of benzene rings is 2. The van der Waals surface area contributed by atoms with Crippen LogP contribution in [0.4, 0.5) is 0 Å². The van der Waals surface area contributed by atoms with E-state index < -0.39 is 0 Å². The highest BCUT2D eigenvalue weighted by Crippen LogP contribution is 2.40. The number of fused-ring (bicyclic) bond motifs is 1. The first-order chi connectivity index (χ1) is 11.1. The average molecular weight is 309 g/mol. The van der Waals surface area contributed by atoms with Crippen LogP contribution in [0.3, 0.4) is 0 Å². The minimum Gasteiger partial charge on any atom is -0.497 e. The van der Waals surface area contributed by atoms with Crippen LogP contribution in [-0.2, 0) is 0 Å². The lowest BCUT2D eigenvalue weighted by Crippen LogP contribution is -2.07. The van der Waals surface area contributed by atoms with Crippen LogP contribution in [0.2, 0.25) is 0 Å². The van der Waals surface area contributed by atoms with Crippen LogP contribution in [0.1, 0.15) is 17.3 Å². The summed E-state index contributed by atoms with van der Waals surface area (Å²) in [5.41, 5.74) is 3.70. The molecule has 4 heteroatoms. The predicted molar refractivity (Wildman–Crippen MR) is 91.5 cm³/mol. The number of rotatable bonds is 3. The third kappa shape index (κ3) is 2.36. The van der Waals surface area contributed by atoms with Gasteiger partial charge in [-0.1, -0.05) is 30.3 Å². The van der Waals surface area contributed by atoms with Crippen molar-refractivity contribution in [3.63, 3.8) is 0 Å². The quantitative estimate of drug-likeness (QED) is 0.724. The largest absolute Gasteiger partial charge is 0.497 e. The Morgan fingerprint density at radius 1 is 1.04 bits per heavy atom. The van der Waals surface area contributed by atoms with Gasteiger partial charge in [0.15, 0.2) is 0 Å². The summed E-state index contributed by atoms with van der Waals surface area (Å²) in [6, 6.07) is 13.6. The van der Waals surface area contributed by atoms with Crippen molar-refractivity contribution in [1.29, 1.82) is 0 Å². The molecule has 2 aromatic carbocycles. The molecule has 0 unspecified atom stereocenters. The highest BCUT2D eigenvalue weighted by Gasteiger charge is 2.22. The second kappa shape index (κ2) is 5.80. The second-order valence-corrected chi connectivity index (χ2v) is 5.42. The van der Waals surface area contributed by atoms with Crippen molar-refractivity contribution in [3.8, 4) is 22.8 Å². The van der Waals surface area contributed by atoms with E-state index in [0.29, 0.717) is 11.5 Å². The van der Waals surface area contributed by atoms with E-state index in [1.165, 1.54) is 0 Å². The van der Waals surface area contributed by atoms with Gasteiger partial charge in [0.05, 0.1) is 25.4 Å². The van der Waals surface area contributed by atoms with Crippen molar-refractivity contribution in [3.05, 3.63) is 48.0 Å². The maximum atomic E-state index is 12.3. The molecule has 3 rings (SSSR count). The molecular formula is C19H19NO3. The van der Waals surface area contributed by atoms with Gasteiger partial charge < -0.3 is 9.47 Å². The molecule has 0 atom stereocenters. The van der Waals surface area contributed by atoms with Gasteiger partial charge in [-0.15, -0.1) is 0 Å². The van der Waals surface area contributed by atoms with E-state index in [9.17, 15) is 4.79 Å². The Morgan fingerprint density at radius 3 is 2.30 bits per heavy atom. The Balaban J connectivity index is 2.48. The summed E-state index contributed by atoms with van der Waals surface area (Å²) < 4.78 is 12.6. The summed E-state index contributed by atoms with van der Waals surface area (Å²) in [4.78, 5) is 12.3. The number of aromatic nitrogens is 1. The Labute approximate surface area is 135 Å². The van der Waals surface area contributed by atoms with E-state index in [-0.39, 0.29) is 5.91 Å². The van der Waals surface area contributed by atoms with E-state index >= 15 is 0 Å². The molecule has 118 valence electrons. The fraction of sp³-hybridized carbons (Fsp3) is 0.211. The zero-order chi connectivity index (χ0) is 16.6. The van der Waals surface area contributed by atoms with Crippen molar-refractivity contribution in [1.82, 2.24) is 4.57 Å². The second-order valence-electron chi connectivity index (χ2n) is 5.42. The van der Waals surface area contributed by atoms with Gasteiger partial charge in [-0.25, -0.2) is 0 Å². The highest BCUT2D eigenvalue weighted by molar-refractivity contribution is 6.03. The van der Waals surface area contributed by atoms with Crippen LogP contribution >= 0.6 is 0 Å². The first-order valence-corrected chi connectivity index (χ1v) is 7.42. The van der Waals surface area contributed by atoms with Crippen molar-refractivity contribution in [2.45, 2.75) is 13.8 Å². The predicted octanol–water partition coefficient (Wildman–Crippen LogP) is 4.29. The molecule has 0 saturated heterocycles. The molecule has 1 aromatic heterocycles. The molecule has 0 aliphatic heterocycles. The molecule has 0 amide bonds. The van der Waals surface area contributed by atoms with Crippen LogP contribution in [-0.4, -0.2) is 24.7 Å². The summed E-state index contributed by atoms with van der Waals surface area (Å²) in [5, 5.41) is 0.933. The van der Waals surface area contributed by atoms with Gasteiger partial charge in [-0.05, 0) is 18.1 Å². The standard InChI is InChI=1S/C19H19NO3/c1-12-18-16(10-15(22-3)11-17(18)23-4)20(13(2)21)19(12)14-8-6-5-7-9-14/h5-11H,1-4H3. The van der Waals surface area contributed by atoms with E-state index in [1.807, 2.05) is 49.4 Å². The molecule has 0 N–H and O–H groups in total. The molecule has 0 fully saturated rings. The normalized spacial score (nSPS) is 10.8. The minimum atomic E-state index is -0.0442. The fourth-order valence-electron chi connectivity index (χ4n) is 3.08. The lowest BCUT2D eigenvalue weighted by Gasteiger charge is -2.09. The van der Waals surface area contributed by atoms with E-state index in [1.54, 1.807) is 25.7 Å². The van der Waals surface area contributed by atoms with E-state index in [2.05, 4.69) is 0 Å². The number of carbonyl (C=O) groups is 1. The molecule has 0 bridgehead atoms. The third-order valence-corrected chi connectivity index (χ3v) is 4.07. The first kappa shape index (κ1) is 15.2. The Bertz CT molecular complexity index is 879. The Morgan fingerprint density at radius 2 is 1.74 bits per heavy atom. The van der Waals surface area contributed by atoms with Gasteiger partial charge in [-0.3, -0.25) is 9.36 Å². The van der Waals surface area contributed by atoms with Crippen LogP contribution < -0.4 is 9.47 Å². The summed E-state index contributed by atoms with van der Waals surface area (Å²) in [7, 11) is 3.23. The van der Waals surface area contributed by atoms with Crippen LogP contribution in [0, 0.1) is 6.92 Å². The van der Waals surface area contributed by atoms with Gasteiger partial charge >= 0.3 is 0 Å². The molecule has 1 heterocycles. The number of hydrogen-bond donors (Lipinski definition) is 0. The molecule has 0 radical (unpaired) electrons. The van der Waals surface area contributed by atoms with Gasteiger partial charge in [-0.2, -0.15) is 0 Å². The molecular weight excluding hydrogens is 290 g/mol. The lowest BCUT2D eigenvalue weighted by atomic mass is 10.1. The SMILES string of the molecule is COc1cc(OC)c2c(C)c(-c3ccccc3)n(C(C)=O)c2c1. The maximum absolute atomic E-state index is 12.3. The number of hydrogen-bond acceptors (Lipinski definition) is 3. The van der Waals surface area contributed by atoms with Crippen LogP contribution in [0.25, 0.3) is 22.2 Å². The molecule has 23 heavy (non-hydrogen) atoms. The maximum Gasteiger partial charge on any atom is 0.228 e. The Kier molecular flexibility index (Phi) is 3.82. The molecule has 0 aliphatic rings. The summed E-state index contributed by atoms with van der Waals surface area (Å²) in [5.74, 6) is 1.32. The number of methoxy groups -OCH3 is 2. The Hall–Kier alpha value is -2.75. The van der Waals surface area contributed by atoms with Crippen molar-refractivity contribution in [2.24, 2.45) is 0 Å². The summed E-state index contributed by atoms with van der Waals surface area (Å²) >= 11 is 0. The number of nitrogens with zero attached hydrogens (tertiary/aromatic N) is 1. The highest BCUT2D eigenvalue weighted by atomic mass is 16.5. The third-order valence-electron chi connectivity index (χ3n) is 4.07. The van der Waals surface area contributed by atoms with Crippen LogP contribution in [0.5, 0.6) is 11.5 Å². The van der Waals surface area contributed by atoms with Gasteiger partial charge in [0.1, 0.15) is 11.5 Å². The molecule has 0 aliphatic carbocycles. The average Bonchev–Trinajstić information content (AvgIpc) is 2.87. The summed E-state index contributed by atoms with van der Waals surface area (Å²) in [6.45, 7) is 3.58. The topological polar surface area (TPSA) is 40.5 Å². The molecule has 0 spiro atoms. The lowest BCUT2D eigenvalue weighted by molar-refractivity contribution is 0.0943. The molecule has 0 saturated carbocycles. The van der Waals surface area contributed by atoms with Gasteiger partial charge in [0, 0.05) is 24.4 Å². The van der Waals surface area contributed by atoms with E-state index in [4.69, 9.17) is 9.47 Å². The zero-order valence-corrected chi connectivity index (χ0v) is 13.7. The number of aryl methyl sites for hydroxylation is 1.